The molecule has 9 nitrogen and oxygen atoms in total. The van der Waals surface area contributed by atoms with Gasteiger partial charge in [-0.25, -0.2) is 4.79 Å². The molecule has 2 aromatic rings. The van der Waals surface area contributed by atoms with E-state index in [0.29, 0.717) is 11.4 Å². The number of nitro benzene ring substituents is 1. The zero-order valence-electron chi connectivity index (χ0n) is 12.8. The van der Waals surface area contributed by atoms with Crippen molar-refractivity contribution in [1.82, 2.24) is 9.13 Å². The number of non-ortho nitro benzene ring substituents is 1. The summed E-state index contributed by atoms with van der Waals surface area (Å²) >= 11 is 0. The highest BCUT2D eigenvalue weighted by Gasteiger charge is 2.09. The number of benzene rings is 1. The Balaban J connectivity index is 2.28. The highest BCUT2D eigenvalue weighted by Crippen LogP contribution is 2.11. The van der Waals surface area contributed by atoms with Crippen molar-refractivity contribution in [3.63, 3.8) is 0 Å². The summed E-state index contributed by atoms with van der Waals surface area (Å²) in [5, 5.41) is 16.1. The quantitative estimate of drug-likeness (QED) is 0.463. The first-order chi connectivity index (χ1) is 10.8. The average Bonchev–Trinajstić information content (AvgIpc) is 2.54. The van der Waals surface area contributed by atoms with Crippen molar-refractivity contribution in [3.05, 3.63) is 66.8 Å². The Hall–Kier alpha value is -3.23. The van der Waals surface area contributed by atoms with Crippen molar-refractivity contribution in [3.8, 4) is 0 Å². The first-order valence-electron chi connectivity index (χ1n) is 6.60. The van der Waals surface area contributed by atoms with Crippen LogP contribution in [0.25, 0.3) is 0 Å². The Kier molecular flexibility index (Phi) is 4.39. The molecule has 23 heavy (non-hydrogen) atoms. The van der Waals surface area contributed by atoms with Gasteiger partial charge < -0.3 is 0 Å². The minimum absolute atomic E-state index is 0.00976. The summed E-state index contributed by atoms with van der Waals surface area (Å²) in [6, 6.07) is 7.15. The Labute approximate surface area is 130 Å². The fourth-order valence-electron chi connectivity index (χ4n) is 1.93. The van der Waals surface area contributed by atoms with Crippen LogP contribution >= 0.6 is 0 Å². The summed E-state index contributed by atoms with van der Waals surface area (Å²) in [6.07, 6.45) is 1.48. The second-order valence-corrected chi connectivity index (χ2v) is 4.86. The molecule has 0 amide bonds. The number of nitrogens with zero attached hydrogens (tertiary/aromatic N) is 5. The third-order valence-corrected chi connectivity index (χ3v) is 3.32. The van der Waals surface area contributed by atoms with Gasteiger partial charge in [-0.2, -0.15) is 5.10 Å². The fraction of sp³-hybridized carbons (Fsp3) is 0.214. The van der Waals surface area contributed by atoms with Gasteiger partial charge in [0.25, 0.3) is 11.2 Å². The molecule has 0 aliphatic carbocycles. The maximum Gasteiger partial charge on any atom is 0.332 e. The fourth-order valence-corrected chi connectivity index (χ4v) is 1.93. The molecule has 9 heteroatoms. The normalized spacial score (nSPS) is 10.9. The highest BCUT2D eigenvalue weighted by molar-refractivity contribution is 5.80. The van der Waals surface area contributed by atoms with Gasteiger partial charge in [0.2, 0.25) is 0 Å². The van der Waals surface area contributed by atoms with Crippen LogP contribution in [-0.2, 0) is 14.1 Å². The zero-order valence-corrected chi connectivity index (χ0v) is 12.8. The number of aromatic nitrogens is 2. The third kappa shape index (κ3) is 3.34. The second kappa shape index (κ2) is 6.26. The van der Waals surface area contributed by atoms with Crippen LogP contribution in [0.15, 0.2) is 45.0 Å². The van der Waals surface area contributed by atoms with Gasteiger partial charge in [0.15, 0.2) is 0 Å². The maximum absolute atomic E-state index is 11.9. The van der Waals surface area contributed by atoms with Crippen LogP contribution in [0, 0.1) is 10.1 Å². The van der Waals surface area contributed by atoms with E-state index in [-0.39, 0.29) is 5.69 Å². The summed E-state index contributed by atoms with van der Waals surface area (Å²) in [5.74, 6) is 0.330. The van der Waals surface area contributed by atoms with E-state index in [1.54, 1.807) is 19.2 Å². The van der Waals surface area contributed by atoms with E-state index >= 15 is 0 Å². The molecule has 0 radical (unpaired) electrons. The van der Waals surface area contributed by atoms with Gasteiger partial charge in [-0.15, -0.1) is 0 Å². The Morgan fingerprint density at radius 3 is 2.35 bits per heavy atom. The highest BCUT2D eigenvalue weighted by atomic mass is 16.6. The third-order valence-electron chi connectivity index (χ3n) is 3.32. The number of hydrogen-bond acceptors (Lipinski definition) is 6. The van der Waals surface area contributed by atoms with Crippen molar-refractivity contribution in [2.75, 3.05) is 12.1 Å². The molecule has 0 bridgehead atoms. The van der Waals surface area contributed by atoms with Crippen LogP contribution in [-0.4, -0.2) is 27.3 Å². The topological polar surface area (TPSA) is 103 Å². The van der Waals surface area contributed by atoms with Crippen molar-refractivity contribution >= 4 is 17.7 Å². The summed E-state index contributed by atoms with van der Waals surface area (Å²) in [7, 11) is 4.53. The van der Waals surface area contributed by atoms with E-state index in [4.69, 9.17) is 0 Å². The number of nitro groups is 1. The van der Waals surface area contributed by atoms with Crippen molar-refractivity contribution in [1.29, 1.82) is 0 Å². The molecule has 0 unspecified atom stereocenters. The summed E-state index contributed by atoms with van der Waals surface area (Å²) in [6.45, 7) is 0. The zero-order chi connectivity index (χ0) is 17.1. The molecule has 120 valence electrons. The largest absolute Gasteiger partial charge is 0.332 e. The smallest absolute Gasteiger partial charge is 0.281 e. The first-order valence-corrected chi connectivity index (χ1v) is 6.60. The van der Waals surface area contributed by atoms with Crippen LogP contribution in [0.2, 0.25) is 0 Å². The van der Waals surface area contributed by atoms with Gasteiger partial charge in [0.1, 0.15) is 5.82 Å². The van der Waals surface area contributed by atoms with Crippen LogP contribution in [0.3, 0.4) is 0 Å². The Morgan fingerprint density at radius 2 is 1.78 bits per heavy atom. The molecule has 0 aliphatic heterocycles. The number of hydrazone groups is 1. The molecule has 0 saturated carbocycles. The summed E-state index contributed by atoms with van der Waals surface area (Å²) < 4.78 is 2.30. The lowest BCUT2D eigenvalue weighted by molar-refractivity contribution is -0.384. The van der Waals surface area contributed by atoms with Crippen molar-refractivity contribution in [2.24, 2.45) is 19.2 Å². The van der Waals surface area contributed by atoms with E-state index in [2.05, 4.69) is 5.10 Å². The van der Waals surface area contributed by atoms with E-state index < -0.39 is 16.2 Å². The SMILES string of the molecule is CN(/N=C/c1ccc([N+](=O)[O-])cc1)c1cc(=O)n(C)c(=O)n1C. The van der Waals surface area contributed by atoms with Crippen LogP contribution in [0.5, 0.6) is 0 Å². The molecule has 1 aromatic carbocycles. The molecule has 0 atom stereocenters. The molecule has 2 rings (SSSR count). The molecule has 1 aromatic heterocycles. The molecule has 0 N–H and O–H groups in total. The molecular weight excluding hydrogens is 302 g/mol. The lowest BCUT2D eigenvalue weighted by atomic mass is 10.2. The Bertz CT molecular complexity index is 880. The van der Waals surface area contributed by atoms with Gasteiger partial charge in [-0.05, 0) is 17.7 Å². The molecular formula is C14H15N5O4. The van der Waals surface area contributed by atoms with E-state index in [0.717, 1.165) is 4.57 Å². The van der Waals surface area contributed by atoms with E-state index in [9.17, 15) is 19.7 Å². The van der Waals surface area contributed by atoms with Gasteiger partial charge in [-0.1, -0.05) is 0 Å². The summed E-state index contributed by atoms with van der Waals surface area (Å²) in [5.41, 5.74) is -0.244. The van der Waals surface area contributed by atoms with Crippen LogP contribution in [0.4, 0.5) is 11.5 Å². The molecule has 0 fully saturated rings. The second-order valence-electron chi connectivity index (χ2n) is 4.86. The van der Waals surface area contributed by atoms with Crippen molar-refractivity contribution in [2.45, 2.75) is 0 Å². The number of rotatable bonds is 4. The van der Waals surface area contributed by atoms with Gasteiger partial charge in [0.05, 0.1) is 11.1 Å². The first kappa shape index (κ1) is 16.1. The molecule has 1 heterocycles. The maximum atomic E-state index is 11.9. The van der Waals surface area contributed by atoms with Gasteiger partial charge in [-0.3, -0.25) is 29.1 Å². The predicted octanol–water partition coefficient (Wildman–Crippen LogP) is 0.462. The lowest BCUT2D eigenvalue weighted by Gasteiger charge is -2.16. The summed E-state index contributed by atoms with van der Waals surface area (Å²) in [4.78, 5) is 33.7. The average molecular weight is 317 g/mol. The van der Waals surface area contributed by atoms with Gasteiger partial charge >= 0.3 is 5.69 Å². The van der Waals surface area contributed by atoms with Crippen LogP contribution < -0.4 is 16.3 Å². The van der Waals surface area contributed by atoms with E-state index in [1.165, 1.54) is 48.1 Å². The van der Waals surface area contributed by atoms with E-state index in [1.807, 2.05) is 0 Å². The number of anilines is 1. The predicted molar refractivity (Wildman–Crippen MR) is 86.0 cm³/mol. The minimum atomic E-state index is -0.484. The lowest BCUT2D eigenvalue weighted by Crippen LogP contribution is -2.38. The Morgan fingerprint density at radius 1 is 1.17 bits per heavy atom. The van der Waals surface area contributed by atoms with Gasteiger partial charge in [0, 0.05) is 39.3 Å². The monoisotopic (exact) mass is 317 g/mol. The minimum Gasteiger partial charge on any atom is -0.281 e. The standard InChI is InChI=1S/C14H15N5O4/c1-16-12(8-13(20)17(2)14(16)21)18(3)15-9-10-4-6-11(7-5-10)19(22)23/h4-9H,1-3H3/b15-9+. The number of hydrogen-bond donors (Lipinski definition) is 0. The molecule has 0 spiro atoms. The molecule has 0 aliphatic rings. The molecule has 0 saturated heterocycles. The van der Waals surface area contributed by atoms with Crippen LogP contribution in [0.1, 0.15) is 5.56 Å². The van der Waals surface area contributed by atoms with Crippen molar-refractivity contribution < 1.29 is 4.92 Å².